The topological polar surface area (TPSA) is 86.5 Å². The van der Waals surface area contributed by atoms with Crippen molar-refractivity contribution in [1.82, 2.24) is 0 Å². The number of hydrogen-bond acceptors (Lipinski definition) is 4. The molecular formula is C13H13NO4S. The molecule has 2 rings (SSSR count). The van der Waals surface area contributed by atoms with E-state index in [-0.39, 0.29) is 11.5 Å². The van der Waals surface area contributed by atoms with Crippen LogP contribution in [-0.4, -0.2) is 21.0 Å². The fourth-order valence-corrected chi connectivity index (χ4v) is 2.29. The van der Waals surface area contributed by atoms with Crippen molar-refractivity contribution < 1.29 is 17.9 Å². The van der Waals surface area contributed by atoms with Gasteiger partial charge in [-0.25, -0.2) is 18.4 Å². The number of esters is 1. The van der Waals surface area contributed by atoms with Crippen LogP contribution in [-0.2, 0) is 14.8 Å². The molecule has 2 N–H and O–H groups in total. The molecular weight excluding hydrogens is 266 g/mol. The van der Waals surface area contributed by atoms with Crippen LogP contribution in [0.5, 0.6) is 0 Å². The molecule has 0 saturated heterocycles. The first-order valence-electron chi connectivity index (χ1n) is 5.65. The fraction of sp³-hybridized carbons (Fsp3) is 0.154. The lowest BCUT2D eigenvalue weighted by Gasteiger charge is -2.05. The summed E-state index contributed by atoms with van der Waals surface area (Å²) in [7, 11) is -3.75. The van der Waals surface area contributed by atoms with E-state index in [2.05, 4.69) is 0 Å². The van der Waals surface area contributed by atoms with Gasteiger partial charge in [0.25, 0.3) is 0 Å². The highest BCUT2D eigenvalue weighted by Crippen LogP contribution is 2.20. The molecule has 0 aliphatic carbocycles. The Morgan fingerprint density at radius 1 is 1.16 bits per heavy atom. The molecule has 0 saturated carbocycles. The van der Waals surface area contributed by atoms with Gasteiger partial charge in [-0.15, -0.1) is 0 Å². The second-order valence-corrected chi connectivity index (χ2v) is 5.55. The summed E-state index contributed by atoms with van der Waals surface area (Å²) in [5, 5.41) is 6.52. The average Bonchev–Trinajstić information content (AvgIpc) is 2.36. The fourth-order valence-electron chi connectivity index (χ4n) is 1.74. The second-order valence-electron chi connectivity index (χ2n) is 3.99. The molecule has 0 bridgehead atoms. The first-order valence-corrected chi connectivity index (χ1v) is 7.20. The van der Waals surface area contributed by atoms with Crippen molar-refractivity contribution >= 4 is 26.8 Å². The Hall–Kier alpha value is -1.92. The summed E-state index contributed by atoms with van der Waals surface area (Å²) >= 11 is 0. The SMILES string of the molecule is CCOC(=O)c1ccc2ccc(S(N)(=O)=O)cc2c1. The van der Waals surface area contributed by atoms with Gasteiger partial charge in [0.05, 0.1) is 17.1 Å². The van der Waals surface area contributed by atoms with Crippen LogP contribution in [0.2, 0.25) is 0 Å². The number of sulfonamides is 1. The normalized spacial score (nSPS) is 11.5. The van der Waals surface area contributed by atoms with Crippen molar-refractivity contribution in [3.8, 4) is 0 Å². The van der Waals surface area contributed by atoms with Crippen LogP contribution in [0.4, 0.5) is 0 Å². The number of primary sulfonamides is 1. The Morgan fingerprint density at radius 3 is 2.47 bits per heavy atom. The molecule has 6 heteroatoms. The number of fused-ring (bicyclic) bond motifs is 1. The Bertz CT molecular complexity index is 737. The summed E-state index contributed by atoms with van der Waals surface area (Å²) in [4.78, 5) is 11.6. The van der Waals surface area contributed by atoms with Gasteiger partial charge >= 0.3 is 5.97 Å². The zero-order valence-electron chi connectivity index (χ0n) is 10.3. The molecule has 100 valence electrons. The number of carbonyl (C=O) groups is 1. The third-order valence-corrected chi connectivity index (χ3v) is 3.56. The molecule has 0 spiro atoms. The van der Waals surface area contributed by atoms with Gasteiger partial charge in [0.2, 0.25) is 10.0 Å². The molecule has 0 radical (unpaired) electrons. The van der Waals surface area contributed by atoms with Gasteiger partial charge < -0.3 is 4.74 Å². The first-order chi connectivity index (χ1) is 8.91. The molecule has 0 unspecified atom stereocenters. The van der Waals surface area contributed by atoms with Crippen LogP contribution in [0, 0.1) is 0 Å². The predicted molar refractivity (Wildman–Crippen MR) is 71.3 cm³/mol. The zero-order valence-corrected chi connectivity index (χ0v) is 11.1. The monoisotopic (exact) mass is 279 g/mol. The van der Waals surface area contributed by atoms with E-state index in [0.717, 1.165) is 5.39 Å². The van der Waals surface area contributed by atoms with E-state index in [1.807, 2.05) is 0 Å². The van der Waals surface area contributed by atoms with Gasteiger partial charge in [-0.3, -0.25) is 0 Å². The quantitative estimate of drug-likeness (QED) is 0.866. The molecule has 2 aromatic carbocycles. The molecule has 2 aromatic rings. The summed E-state index contributed by atoms with van der Waals surface area (Å²) in [6.45, 7) is 2.01. The molecule has 0 heterocycles. The number of nitrogens with two attached hydrogens (primary N) is 1. The van der Waals surface area contributed by atoms with Crippen LogP contribution >= 0.6 is 0 Å². The van der Waals surface area contributed by atoms with Crippen LogP contribution in [0.3, 0.4) is 0 Å². The average molecular weight is 279 g/mol. The summed E-state index contributed by atoms with van der Waals surface area (Å²) in [6, 6.07) is 9.46. The number of hydrogen-bond donors (Lipinski definition) is 1. The van der Waals surface area contributed by atoms with Gasteiger partial charge in [0.15, 0.2) is 0 Å². The maximum absolute atomic E-state index is 11.6. The van der Waals surface area contributed by atoms with E-state index in [0.29, 0.717) is 10.9 Å². The molecule has 19 heavy (non-hydrogen) atoms. The lowest BCUT2D eigenvalue weighted by molar-refractivity contribution is 0.0526. The van der Waals surface area contributed by atoms with E-state index >= 15 is 0 Å². The lowest BCUT2D eigenvalue weighted by atomic mass is 10.1. The molecule has 5 nitrogen and oxygen atoms in total. The highest BCUT2D eigenvalue weighted by molar-refractivity contribution is 7.89. The van der Waals surface area contributed by atoms with E-state index in [9.17, 15) is 13.2 Å². The molecule has 0 atom stereocenters. The third-order valence-electron chi connectivity index (χ3n) is 2.65. The smallest absolute Gasteiger partial charge is 0.338 e. The van der Waals surface area contributed by atoms with E-state index < -0.39 is 16.0 Å². The number of rotatable bonds is 3. The van der Waals surface area contributed by atoms with Gasteiger partial charge in [0.1, 0.15) is 0 Å². The van der Waals surface area contributed by atoms with Crippen molar-refractivity contribution in [1.29, 1.82) is 0 Å². The Labute approximate surface area is 111 Å². The van der Waals surface area contributed by atoms with Crippen molar-refractivity contribution in [2.45, 2.75) is 11.8 Å². The van der Waals surface area contributed by atoms with Gasteiger partial charge in [0, 0.05) is 0 Å². The summed E-state index contributed by atoms with van der Waals surface area (Å²) < 4.78 is 27.5. The van der Waals surface area contributed by atoms with Crippen molar-refractivity contribution in [3.05, 3.63) is 42.0 Å². The predicted octanol–water partition coefficient (Wildman–Crippen LogP) is 1.66. The Balaban J connectivity index is 2.54. The van der Waals surface area contributed by atoms with Crippen LogP contribution < -0.4 is 5.14 Å². The minimum Gasteiger partial charge on any atom is -0.462 e. The Morgan fingerprint density at radius 2 is 1.84 bits per heavy atom. The van der Waals surface area contributed by atoms with Crippen molar-refractivity contribution in [3.63, 3.8) is 0 Å². The van der Waals surface area contributed by atoms with Crippen LogP contribution in [0.25, 0.3) is 10.8 Å². The highest BCUT2D eigenvalue weighted by Gasteiger charge is 2.10. The van der Waals surface area contributed by atoms with Gasteiger partial charge in [-0.2, -0.15) is 0 Å². The van der Waals surface area contributed by atoms with E-state index in [1.165, 1.54) is 12.1 Å². The summed E-state index contributed by atoms with van der Waals surface area (Å²) in [5.41, 5.74) is 0.376. The van der Waals surface area contributed by atoms with E-state index in [4.69, 9.17) is 9.88 Å². The first kappa shape index (κ1) is 13.5. The maximum Gasteiger partial charge on any atom is 0.338 e. The van der Waals surface area contributed by atoms with Gasteiger partial charge in [-0.05, 0) is 42.0 Å². The lowest BCUT2D eigenvalue weighted by Crippen LogP contribution is -2.11. The molecule has 0 aliphatic heterocycles. The van der Waals surface area contributed by atoms with Crippen LogP contribution in [0.1, 0.15) is 17.3 Å². The van der Waals surface area contributed by atoms with E-state index in [1.54, 1.807) is 31.2 Å². The number of carbonyl (C=O) groups excluding carboxylic acids is 1. The second kappa shape index (κ2) is 4.99. The Kier molecular flexibility index (Phi) is 3.55. The molecule has 0 aromatic heterocycles. The van der Waals surface area contributed by atoms with Crippen molar-refractivity contribution in [2.75, 3.05) is 6.61 Å². The highest BCUT2D eigenvalue weighted by atomic mass is 32.2. The van der Waals surface area contributed by atoms with Crippen molar-refractivity contribution in [2.24, 2.45) is 5.14 Å². The summed E-state index contributed by atoms with van der Waals surface area (Å²) in [5.74, 6) is -0.439. The minimum absolute atomic E-state index is 0.0148. The van der Waals surface area contributed by atoms with Gasteiger partial charge in [-0.1, -0.05) is 12.1 Å². The largest absolute Gasteiger partial charge is 0.462 e. The minimum atomic E-state index is -3.75. The number of ether oxygens (including phenoxy) is 1. The standard InChI is InChI=1S/C13H13NO4S/c1-2-18-13(15)10-4-3-9-5-6-12(19(14,16)17)8-11(9)7-10/h3-8H,2H2,1H3,(H2,14,16,17). The maximum atomic E-state index is 11.6. The number of benzene rings is 2. The molecule has 0 aliphatic rings. The summed E-state index contributed by atoms with van der Waals surface area (Å²) in [6.07, 6.45) is 0. The molecule has 0 amide bonds. The van der Waals surface area contributed by atoms with Crippen LogP contribution in [0.15, 0.2) is 41.3 Å². The molecule has 0 fully saturated rings. The third kappa shape index (κ3) is 2.91. The zero-order chi connectivity index (χ0) is 14.0.